The number of ether oxygens (including phenoxy) is 3. The van der Waals surface area contributed by atoms with E-state index in [-0.39, 0.29) is 6.03 Å². The fourth-order valence-electron chi connectivity index (χ4n) is 2.85. The standard InChI is InChI=1S/C19H31N3O4/c1-3-26-17-6-5-16(15-18(17)24-2)7-9-21-19(23)20-8-4-10-22-11-13-25-14-12-22/h5-6,15H,3-4,7-14H2,1-2H3,(H2,20,21,23). The van der Waals surface area contributed by atoms with Gasteiger partial charge in [-0.3, -0.25) is 4.90 Å². The van der Waals surface area contributed by atoms with Crippen LogP contribution in [0.3, 0.4) is 0 Å². The first-order valence-electron chi connectivity index (χ1n) is 9.34. The number of urea groups is 1. The number of carbonyl (C=O) groups is 1. The van der Waals surface area contributed by atoms with Crippen molar-refractivity contribution in [3.8, 4) is 11.5 Å². The minimum atomic E-state index is -0.120. The Morgan fingerprint density at radius 2 is 1.96 bits per heavy atom. The summed E-state index contributed by atoms with van der Waals surface area (Å²) in [6.45, 7) is 8.38. The van der Waals surface area contributed by atoms with Crippen LogP contribution in [0.4, 0.5) is 4.79 Å². The van der Waals surface area contributed by atoms with Gasteiger partial charge in [-0.25, -0.2) is 4.79 Å². The molecule has 0 unspecified atom stereocenters. The number of nitrogens with zero attached hydrogens (tertiary/aromatic N) is 1. The van der Waals surface area contributed by atoms with E-state index in [2.05, 4.69) is 15.5 Å². The Morgan fingerprint density at radius 1 is 1.19 bits per heavy atom. The number of hydrogen-bond donors (Lipinski definition) is 2. The van der Waals surface area contributed by atoms with E-state index in [4.69, 9.17) is 14.2 Å². The van der Waals surface area contributed by atoms with Crippen LogP contribution >= 0.6 is 0 Å². The summed E-state index contributed by atoms with van der Waals surface area (Å²) >= 11 is 0. The van der Waals surface area contributed by atoms with Crippen molar-refractivity contribution < 1.29 is 19.0 Å². The average molecular weight is 365 g/mol. The number of hydrogen-bond acceptors (Lipinski definition) is 5. The van der Waals surface area contributed by atoms with Crippen LogP contribution in [0.5, 0.6) is 11.5 Å². The Bertz CT molecular complexity index is 548. The molecule has 0 bridgehead atoms. The molecule has 0 atom stereocenters. The van der Waals surface area contributed by atoms with Gasteiger partial charge in [0.15, 0.2) is 11.5 Å². The van der Waals surface area contributed by atoms with Crippen molar-refractivity contribution in [1.29, 1.82) is 0 Å². The topological polar surface area (TPSA) is 72.1 Å². The molecule has 1 aromatic rings. The van der Waals surface area contributed by atoms with Gasteiger partial charge < -0.3 is 24.8 Å². The Balaban J connectivity index is 1.60. The predicted molar refractivity (Wildman–Crippen MR) is 101 cm³/mol. The Morgan fingerprint density at radius 3 is 2.69 bits per heavy atom. The molecule has 0 radical (unpaired) electrons. The molecule has 0 saturated carbocycles. The third-order valence-corrected chi connectivity index (χ3v) is 4.27. The molecule has 2 N–H and O–H groups in total. The Hall–Kier alpha value is -1.99. The monoisotopic (exact) mass is 365 g/mol. The second-order valence-corrected chi connectivity index (χ2v) is 6.16. The van der Waals surface area contributed by atoms with Gasteiger partial charge in [-0.1, -0.05) is 6.07 Å². The van der Waals surface area contributed by atoms with Crippen LogP contribution in [0.15, 0.2) is 18.2 Å². The highest BCUT2D eigenvalue weighted by Gasteiger charge is 2.09. The van der Waals surface area contributed by atoms with E-state index in [9.17, 15) is 4.79 Å². The van der Waals surface area contributed by atoms with Crippen molar-refractivity contribution in [3.05, 3.63) is 23.8 Å². The van der Waals surface area contributed by atoms with E-state index >= 15 is 0 Å². The lowest BCUT2D eigenvalue weighted by Crippen LogP contribution is -2.40. The van der Waals surface area contributed by atoms with Gasteiger partial charge in [0.05, 0.1) is 26.9 Å². The number of morpholine rings is 1. The number of benzene rings is 1. The number of methoxy groups -OCH3 is 1. The van der Waals surface area contributed by atoms with Crippen LogP contribution < -0.4 is 20.1 Å². The van der Waals surface area contributed by atoms with E-state index in [1.807, 2.05) is 25.1 Å². The van der Waals surface area contributed by atoms with Crippen LogP contribution in [0.1, 0.15) is 18.9 Å². The molecule has 146 valence electrons. The van der Waals surface area contributed by atoms with Crippen molar-refractivity contribution in [1.82, 2.24) is 15.5 Å². The largest absolute Gasteiger partial charge is 0.493 e. The number of nitrogens with one attached hydrogen (secondary N) is 2. The SMILES string of the molecule is CCOc1ccc(CCNC(=O)NCCCN2CCOCC2)cc1OC. The van der Waals surface area contributed by atoms with Gasteiger partial charge in [-0.05, 0) is 44.0 Å². The van der Waals surface area contributed by atoms with Gasteiger partial charge in [0.2, 0.25) is 0 Å². The molecule has 0 aromatic heterocycles. The minimum Gasteiger partial charge on any atom is -0.493 e. The smallest absolute Gasteiger partial charge is 0.314 e. The summed E-state index contributed by atoms with van der Waals surface area (Å²) in [6.07, 6.45) is 1.69. The van der Waals surface area contributed by atoms with Crippen molar-refractivity contribution in [2.24, 2.45) is 0 Å². The second kappa shape index (κ2) is 11.6. The fourth-order valence-corrected chi connectivity index (χ4v) is 2.85. The molecule has 2 amide bonds. The normalized spacial score (nSPS) is 14.7. The van der Waals surface area contributed by atoms with E-state index in [0.717, 1.165) is 62.8 Å². The average Bonchev–Trinajstić information content (AvgIpc) is 2.67. The first-order chi connectivity index (χ1) is 12.7. The highest BCUT2D eigenvalue weighted by Crippen LogP contribution is 2.28. The fraction of sp³-hybridized carbons (Fsp3) is 0.632. The summed E-state index contributed by atoms with van der Waals surface area (Å²) in [5, 5.41) is 5.80. The predicted octanol–water partition coefficient (Wildman–Crippen LogP) is 1.66. The number of amides is 2. The Labute approximate surface area is 156 Å². The molecule has 1 aliphatic heterocycles. The molecule has 26 heavy (non-hydrogen) atoms. The number of carbonyl (C=O) groups excluding carboxylic acids is 1. The third kappa shape index (κ3) is 7.09. The first-order valence-corrected chi connectivity index (χ1v) is 9.34. The maximum absolute atomic E-state index is 11.8. The highest BCUT2D eigenvalue weighted by molar-refractivity contribution is 5.73. The minimum absolute atomic E-state index is 0.120. The summed E-state index contributed by atoms with van der Waals surface area (Å²) in [6, 6.07) is 5.73. The summed E-state index contributed by atoms with van der Waals surface area (Å²) < 4.78 is 16.2. The first kappa shape index (κ1) is 20.3. The zero-order valence-corrected chi connectivity index (χ0v) is 15.9. The van der Waals surface area contributed by atoms with Crippen LogP contribution in [0, 0.1) is 0 Å². The van der Waals surface area contributed by atoms with E-state index in [1.165, 1.54) is 0 Å². The van der Waals surface area contributed by atoms with Crippen molar-refractivity contribution in [2.75, 3.05) is 59.7 Å². The molecule has 2 rings (SSSR count). The highest BCUT2D eigenvalue weighted by atomic mass is 16.5. The van der Waals surface area contributed by atoms with Gasteiger partial charge in [0.25, 0.3) is 0 Å². The van der Waals surface area contributed by atoms with Gasteiger partial charge in [0.1, 0.15) is 0 Å². The molecule has 0 spiro atoms. The van der Waals surface area contributed by atoms with Gasteiger partial charge in [-0.15, -0.1) is 0 Å². The molecule has 1 heterocycles. The zero-order chi connectivity index (χ0) is 18.6. The second-order valence-electron chi connectivity index (χ2n) is 6.16. The quantitative estimate of drug-likeness (QED) is 0.617. The molecule has 1 aliphatic rings. The molecule has 0 aliphatic carbocycles. The van der Waals surface area contributed by atoms with E-state index in [0.29, 0.717) is 19.7 Å². The molecule has 7 heteroatoms. The summed E-state index contributed by atoms with van der Waals surface area (Å²) in [4.78, 5) is 14.2. The molecule has 1 fully saturated rings. The van der Waals surface area contributed by atoms with Crippen LogP contribution in [-0.4, -0.2) is 70.6 Å². The van der Waals surface area contributed by atoms with Crippen LogP contribution in [0.25, 0.3) is 0 Å². The van der Waals surface area contributed by atoms with Crippen molar-refractivity contribution in [3.63, 3.8) is 0 Å². The van der Waals surface area contributed by atoms with Crippen LogP contribution in [0.2, 0.25) is 0 Å². The van der Waals surface area contributed by atoms with Crippen LogP contribution in [-0.2, 0) is 11.2 Å². The molecular formula is C19H31N3O4. The van der Waals surface area contributed by atoms with Crippen molar-refractivity contribution in [2.45, 2.75) is 19.8 Å². The van der Waals surface area contributed by atoms with Gasteiger partial charge in [0, 0.05) is 26.2 Å². The van der Waals surface area contributed by atoms with Gasteiger partial charge >= 0.3 is 6.03 Å². The number of rotatable bonds is 10. The zero-order valence-electron chi connectivity index (χ0n) is 15.9. The summed E-state index contributed by atoms with van der Waals surface area (Å²) in [7, 11) is 1.63. The maximum atomic E-state index is 11.8. The van der Waals surface area contributed by atoms with E-state index < -0.39 is 0 Å². The molecular weight excluding hydrogens is 334 g/mol. The molecule has 7 nitrogen and oxygen atoms in total. The molecule has 1 saturated heterocycles. The summed E-state index contributed by atoms with van der Waals surface area (Å²) in [5.41, 5.74) is 1.10. The lowest BCUT2D eigenvalue weighted by molar-refractivity contribution is 0.0375. The Kier molecular flexibility index (Phi) is 9.06. The lowest BCUT2D eigenvalue weighted by atomic mass is 10.1. The molecule has 1 aromatic carbocycles. The lowest BCUT2D eigenvalue weighted by Gasteiger charge is -2.26. The third-order valence-electron chi connectivity index (χ3n) is 4.27. The van der Waals surface area contributed by atoms with Crippen molar-refractivity contribution >= 4 is 6.03 Å². The maximum Gasteiger partial charge on any atom is 0.314 e. The summed E-state index contributed by atoms with van der Waals surface area (Å²) in [5.74, 6) is 1.46. The van der Waals surface area contributed by atoms with Gasteiger partial charge in [-0.2, -0.15) is 0 Å². The van der Waals surface area contributed by atoms with E-state index in [1.54, 1.807) is 7.11 Å².